The van der Waals surface area contributed by atoms with Crippen LogP contribution in [-0.4, -0.2) is 69.8 Å². The van der Waals surface area contributed by atoms with Crippen molar-refractivity contribution in [3.8, 4) is 0 Å². The maximum Gasteiger partial charge on any atom is 0.268 e. The number of allylic oxidation sites excluding steroid dienone is 6. The zero-order valence-corrected chi connectivity index (χ0v) is 21.5. The quantitative estimate of drug-likeness (QED) is 0.115. The molecule has 0 saturated heterocycles. The van der Waals surface area contributed by atoms with E-state index in [2.05, 4.69) is 43.4 Å². The molecule has 0 spiro atoms. The fourth-order valence-corrected chi connectivity index (χ4v) is 3.29. The highest BCUT2D eigenvalue weighted by atomic mass is 31.2. The van der Waals surface area contributed by atoms with Gasteiger partial charge >= 0.3 is 0 Å². The molecule has 0 aromatic carbocycles. The number of hydrogen-bond donors (Lipinski definition) is 1. The minimum absolute atomic E-state index is 0.0423. The average molecular weight is 476 g/mol. The van der Waals surface area contributed by atoms with Crippen molar-refractivity contribution in [2.45, 2.75) is 64.4 Å². The molecule has 0 aliphatic carbocycles. The van der Waals surface area contributed by atoms with Crippen LogP contribution in [0.5, 0.6) is 0 Å². The molecule has 0 aromatic rings. The largest absolute Gasteiger partial charge is 0.756 e. The molecule has 0 saturated carbocycles. The Bertz CT molecular complexity index is 571. The van der Waals surface area contributed by atoms with E-state index < -0.39 is 13.9 Å². The van der Waals surface area contributed by atoms with E-state index in [-0.39, 0.29) is 19.8 Å². The highest BCUT2D eigenvalue weighted by Gasteiger charge is 2.15. The molecule has 0 heterocycles. The van der Waals surface area contributed by atoms with Crippen LogP contribution in [0.2, 0.25) is 0 Å². The lowest BCUT2D eigenvalue weighted by Crippen LogP contribution is -2.37. The number of quaternary nitrogens is 1. The summed E-state index contributed by atoms with van der Waals surface area (Å²) in [6, 6.07) is 0. The summed E-state index contributed by atoms with van der Waals surface area (Å²) in [5.74, 6) is 0. The van der Waals surface area contributed by atoms with Gasteiger partial charge in [0.15, 0.2) is 0 Å². The molecule has 0 bridgehead atoms. The third-order valence-electron chi connectivity index (χ3n) is 4.44. The van der Waals surface area contributed by atoms with Crippen LogP contribution in [0.15, 0.2) is 36.5 Å². The van der Waals surface area contributed by atoms with E-state index in [1.165, 1.54) is 0 Å². The van der Waals surface area contributed by atoms with Crippen LogP contribution in [0.1, 0.15) is 58.3 Å². The smallest absolute Gasteiger partial charge is 0.268 e. The standard InChI is InChI=1S/C24H46NO6P/c1-5-6-7-8-9-10-11-12-13-14-15-16-17-18-20-29-22-24(26)23-31-32(27,28)30-21-19-25(2,3)4/h6-7,9-10,12-13,24,26H,5,8,11,14-23H2,1-4H3/b7-6-,10-9-,13-12-. The molecule has 7 nitrogen and oxygen atoms in total. The molecule has 188 valence electrons. The highest BCUT2D eigenvalue weighted by Crippen LogP contribution is 2.38. The first-order valence-electron chi connectivity index (χ1n) is 11.8. The van der Waals surface area contributed by atoms with Crippen molar-refractivity contribution in [1.29, 1.82) is 0 Å². The molecular weight excluding hydrogens is 429 g/mol. The van der Waals surface area contributed by atoms with Crippen LogP contribution in [-0.2, 0) is 18.3 Å². The molecule has 0 rings (SSSR count). The van der Waals surface area contributed by atoms with Crippen LogP contribution < -0.4 is 4.89 Å². The second-order valence-electron chi connectivity index (χ2n) is 8.82. The van der Waals surface area contributed by atoms with Crippen LogP contribution >= 0.6 is 7.82 Å². The summed E-state index contributed by atoms with van der Waals surface area (Å²) in [5.41, 5.74) is 0. The van der Waals surface area contributed by atoms with Gasteiger partial charge in [-0.25, -0.2) is 0 Å². The minimum atomic E-state index is -4.40. The Morgan fingerprint density at radius 3 is 2.16 bits per heavy atom. The maximum atomic E-state index is 11.7. The van der Waals surface area contributed by atoms with E-state index in [1.54, 1.807) is 0 Å². The number of hydrogen-bond acceptors (Lipinski definition) is 6. The van der Waals surface area contributed by atoms with E-state index in [0.29, 0.717) is 17.6 Å². The summed E-state index contributed by atoms with van der Waals surface area (Å²) < 4.78 is 27.1. The normalized spacial score (nSPS) is 15.8. The Hall–Kier alpha value is -0.790. The van der Waals surface area contributed by atoms with Gasteiger partial charge in [0.25, 0.3) is 7.82 Å². The van der Waals surface area contributed by atoms with Gasteiger partial charge in [0.05, 0.1) is 34.4 Å². The summed E-state index contributed by atoms with van der Waals surface area (Å²) in [4.78, 5) is 11.7. The van der Waals surface area contributed by atoms with Crippen molar-refractivity contribution < 1.29 is 32.8 Å². The van der Waals surface area contributed by atoms with Gasteiger partial charge in [0.1, 0.15) is 19.3 Å². The first-order valence-corrected chi connectivity index (χ1v) is 13.2. The van der Waals surface area contributed by atoms with Gasteiger partial charge in [0, 0.05) is 6.61 Å². The monoisotopic (exact) mass is 475 g/mol. The molecule has 32 heavy (non-hydrogen) atoms. The Kier molecular flexibility index (Phi) is 19.2. The third kappa shape index (κ3) is 23.9. The van der Waals surface area contributed by atoms with Gasteiger partial charge in [-0.15, -0.1) is 0 Å². The lowest BCUT2D eigenvalue weighted by Gasteiger charge is -2.27. The summed E-state index contributed by atoms with van der Waals surface area (Å²) in [6.07, 6.45) is 20.7. The molecule has 0 aliphatic rings. The van der Waals surface area contributed by atoms with E-state index >= 15 is 0 Å². The zero-order chi connectivity index (χ0) is 24.1. The summed E-state index contributed by atoms with van der Waals surface area (Å²) >= 11 is 0. The average Bonchev–Trinajstić information content (AvgIpc) is 2.71. The van der Waals surface area contributed by atoms with E-state index in [9.17, 15) is 14.6 Å². The summed E-state index contributed by atoms with van der Waals surface area (Å²) in [5, 5.41) is 9.80. The molecule has 0 amide bonds. The van der Waals surface area contributed by atoms with E-state index in [4.69, 9.17) is 13.8 Å². The minimum Gasteiger partial charge on any atom is -0.756 e. The Morgan fingerprint density at radius 1 is 0.875 bits per heavy atom. The molecule has 8 heteroatoms. The molecule has 2 atom stereocenters. The highest BCUT2D eigenvalue weighted by molar-refractivity contribution is 7.45. The van der Waals surface area contributed by atoms with Crippen LogP contribution in [0.25, 0.3) is 0 Å². The molecule has 0 radical (unpaired) electrons. The number of unbranched alkanes of at least 4 members (excludes halogenated alkanes) is 4. The molecule has 2 unspecified atom stereocenters. The number of likely N-dealkylation sites (N-methyl/N-ethyl adjacent to an activating group) is 1. The molecule has 0 aromatic heterocycles. The number of aliphatic hydroxyl groups is 1. The van der Waals surface area contributed by atoms with Gasteiger partial charge < -0.3 is 28.3 Å². The van der Waals surface area contributed by atoms with Gasteiger partial charge in [-0.05, 0) is 38.5 Å². The number of ether oxygens (including phenoxy) is 1. The van der Waals surface area contributed by atoms with Crippen molar-refractivity contribution >= 4 is 7.82 Å². The van der Waals surface area contributed by atoms with Gasteiger partial charge in [-0.1, -0.05) is 56.2 Å². The van der Waals surface area contributed by atoms with Crippen LogP contribution in [0, 0.1) is 0 Å². The van der Waals surface area contributed by atoms with Crippen molar-refractivity contribution in [3.05, 3.63) is 36.5 Å². The molecule has 1 N–H and O–H groups in total. The second-order valence-corrected chi connectivity index (χ2v) is 10.2. The Balaban J connectivity index is 3.55. The third-order valence-corrected chi connectivity index (χ3v) is 5.40. The predicted molar refractivity (Wildman–Crippen MR) is 129 cm³/mol. The fourth-order valence-electron chi connectivity index (χ4n) is 2.55. The van der Waals surface area contributed by atoms with Crippen molar-refractivity contribution in [1.82, 2.24) is 0 Å². The first-order chi connectivity index (χ1) is 15.2. The number of phosphoric ester groups is 1. The van der Waals surface area contributed by atoms with Gasteiger partial charge in [-0.3, -0.25) is 4.57 Å². The van der Waals surface area contributed by atoms with Gasteiger partial charge in [-0.2, -0.15) is 0 Å². The van der Waals surface area contributed by atoms with Crippen LogP contribution in [0.4, 0.5) is 0 Å². The van der Waals surface area contributed by atoms with E-state index in [0.717, 1.165) is 51.4 Å². The number of nitrogens with zero attached hydrogens (tertiary/aromatic N) is 1. The van der Waals surface area contributed by atoms with Crippen molar-refractivity contribution in [2.75, 3.05) is 54.1 Å². The van der Waals surface area contributed by atoms with Gasteiger partial charge in [0.2, 0.25) is 0 Å². The molecule has 0 aliphatic heterocycles. The molecule has 0 fully saturated rings. The lowest BCUT2D eigenvalue weighted by atomic mass is 10.1. The zero-order valence-electron chi connectivity index (χ0n) is 20.6. The van der Waals surface area contributed by atoms with E-state index in [1.807, 2.05) is 21.1 Å². The Labute approximate surface area is 196 Å². The second kappa shape index (κ2) is 19.7. The van der Waals surface area contributed by atoms with Crippen LogP contribution in [0.3, 0.4) is 0 Å². The van der Waals surface area contributed by atoms with Crippen molar-refractivity contribution in [3.63, 3.8) is 0 Å². The fraction of sp³-hybridized carbons (Fsp3) is 0.750. The SMILES string of the molecule is CC/C=C\C/C=C\C/C=C\CCCCCCOCC(O)COP(=O)([O-])OCC[N+](C)(C)C. The number of phosphoric acid groups is 1. The number of rotatable bonds is 21. The Morgan fingerprint density at radius 2 is 1.50 bits per heavy atom. The topological polar surface area (TPSA) is 88.0 Å². The lowest BCUT2D eigenvalue weighted by molar-refractivity contribution is -0.870. The molecular formula is C24H46NO6P. The van der Waals surface area contributed by atoms with Crippen molar-refractivity contribution in [2.24, 2.45) is 0 Å². The predicted octanol–water partition coefficient (Wildman–Crippen LogP) is 4.38. The maximum absolute atomic E-state index is 11.7. The summed E-state index contributed by atoms with van der Waals surface area (Å²) in [6.45, 7) is 2.94. The number of aliphatic hydroxyl groups excluding tert-OH is 1. The summed E-state index contributed by atoms with van der Waals surface area (Å²) in [7, 11) is 1.41. The first kappa shape index (κ1) is 31.2.